The summed E-state index contributed by atoms with van der Waals surface area (Å²) in [7, 11) is 0. The molecule has 0 saturated heterocycles. The second kappa shape index (κ2) is 37.1. The molecule has 0 spiro atoms. The molecule has 1 aliphatic rings. The van der Waals surface area contributed by atoms with Crippen molar-refractivity contribution in [3.05, 3.63) is 95.1 Å². The Bertz CT molecular complexity index is 1410. The summed E-state index contributed by atoms with van der Waals surface area (Å²) in [6, 6.07) is 18.4. The molecule has 0 aromatic heterocycles. The van der Waals surface area contributed by atoms with E-state index in [9.17, 15) is 0 Å². The first-order chi connectivity index (χ1) is 30.5. The normalized spacial score (nSPS) is 12.3. The van der Waals surface area contributed by atoms with Crippen LogP contribution in [0.3, 0.4) is 0 Å². The smallest absolute Gasteiger partial charge is 0.199 e. The lowest BCUT2D eigenvalue weighted by atomic mass is 9.88. The van der Waals surface area contributed by atoms with E-state index in [0.717, 1.165) is 45.6 Å². The van der Waals surface area contributed by atoms with Gasteiger partial charge in [0.15, 0.2) is 5.71 Å². The predicted octanol–water partition coefficient (Wildman–Crippen LogP) is 6.70. The molecule has 12 heteroatoms. The lowest BCUT2D eigenvalue weighted by Crippen LogP contribution is -2.21. The van der Waals surface area contributed by atoms with Gasteiger partial charge in [-0.05, 0) is 98.1 Å². The second-order valence-corrected chi connectivity index (χ2v) is 14.5. The highest BCUT2D eigenvalue weighted by atomic mass is 16.6. The highest BCUT2D eigenvalue weighted by molar-refractivity contribution is 6.04. The molecule has 2 aromatic carbocycles. The van der Waals surface area contributed by atoms with Crippen LogP contribution in [0, 0.1) is 0 Å². The summed E-state index contributed by atoms with van der Waals surface area (Å²) in [5.74, 6) is 0.614. The molecule has 0 fully saturated rings. The van der Waals surface area contributed by atoms with Crippen molar-refractivity contribution in [2.75, 3.05) is 143 Å². The molecular formula is C50H81N2O10+. The summed E-state index contributed by atoms with van der Waals surface area (Å²) in [6.07, 6.45) is 13.6. The van der Waals surface area contributed by atoms with Crippen molar-refractivity contribution in [2.24, 2.45) is 0 Å². The van der Waals surface area contributed by atoms with E-state index >= 15 is 0 Å². The molecule has 62 heavy (non-hydrogen) atoms. The number of ether oxygens (including phenoxy) is 7. The SMILES string of the molecule is CCC(CC)c1ccc(C(=C2C=CC(=[N+](CC)CCCCOCCOCCO)C=C2)c2ccc(N(CC)CC)cc2)cc1.OCCOCCOCCOCCOCCOCCO. The van der Waals surface area contributed by atoms with Gasteiger partial charge in [0.05, 0.1) is 106 Å². The quantitative estimate of drug-likeness (QED) is 0.0506. The van der Waals surface area contributed by atoms with Crippen LogP contribution in [-0.2, 0) is 33.2 Å². The first kappa shape index (κ1) is 54.9. The molecule has 0 radical (unpaired) electrons. The number of allylic oxidation sites excluding steroid dienone is 5. The van der Waals surface area contributed by atoms with E-state index in [4.69, 9.17) is 48.5 Å². The molecular weight excluding hydrogens is 789 g/mol. The maximum atomic E-state index is 8.76. The van der Waals surface area contributed by atoms with Gasteiger partial charge in [0, 0.05) is 44.0 Å². The summed E-state index contributed by atoms with van der Waals surface area (Å²) in [4.78, 5) is 2.39. The molecule has 0 bridgehead atoms. The average molecular weight is 870 g/mol. The van der Waals surface area contributed by atoms with Crippen molar-refractivity contribution >= 4 is 17.0 Å². The standard InChI is InChI=1S/C38H55N2O3.C12H26O7/c1-6-31(7-2)32-13-15-33(16-14-32)38(34-17-21-36(22-18-34)39(8-3)9-4)35-19-23-37(24-20-35)40(10-5)25-11-12-27-42-29-30-43-28-26-41;13-1-3-15-5-7-17-9-11-19-12-10-18-8-6-16-4-2-14/h13-24,31,41H,6-12,25-30H2,1-5H3;13-14H,1-12H2/q+1;. The third-order valence-corrected chi connectivity index (χ3v) is 10.4. The fourth-order valence-corrected chi connectivity index (χ4v) is 6.92. The number of hydrogen-bond acceptors (Lipinski definition) is 11. The van der Waals surface area contributed by atoms with Crippen molar-refractivity contribution in [2.45, 2.75) is 66.2 Å². The van der Waals surface area contributed by atoms with Crippen LogP contribution in [-0.4, -0.2) is 164 Å². The third-order valence-electron chi connectivity index (χ3n) is 10.4. The lowest BCUT2D eigenvalue weighted by Gasteiger charge is -2.22. The number of aliphatic hydroxyl groups is 3. The maximum absolute atomic E-state index is 8.76. The van der Waals surface area contributed by atoms with Gasteiger partial charge in [-0.15, -0.1) is 0 Å². The van der Waals surface area contributed by atoms with Gasteiger partial charge >= 0.3 is 0 Å². The molecule has 3 rings (SSSR count). The van der Waals surface area contributed by atoms with Crippen LogP contribution in [0.4, 0.5) is 5.69 Å². The monoisotopic (exact) mass is 870 g/mol. The number of benzene rings is 2. The lowest BCUT2D eigenvalue weighted by molar-refractivity contribution is -0.523. The minimum absolute atomic E-state index is 0.0359. The van der Waals surface area contributed by atoms with Gasteiger partial charge in [-0.25, -0.2) is 4.58 Å². The average Bonchev–Trinajstić information content (AvgIpc) is 3.31. The van der Waals surface area contributed by atoms with Gasteiger partial charge in [0.2, 0.25) is 0 Å². The number of unbranched alkanes of at least 4 members (excludes halogenated alkanes) is 1. The maximum Gasteiger partial charge on any atom is 0.199 e. The van der Waals surface area contributed by atoms with Gasteiger partial charge in [-0.1, -0.05) is 50.2 Å². The summed E-state index contributed by atoms with van der Waals surface area (Å²) < 4.78 is 39.1. The highest BCUT2D eigenvalue weighted by Gasteiger charge is 2.16. The predicted molar refractivity (Wildman–Crippen MR) is 251 cm³/mol. The van der Waals surface area contributed by atoms with E-state index in [1.165, 1.54) is 52.1 Å². The minimum Gasteiger partial charge on any atom is -0.394 e. The van der Waals surface area contributed by atoms with Crippen molar-refractivity contribution in [3.8, 4) is 0 Å². The molecule has 12 nitrogen and oxygen atoms in total. The third kappa shape index (κ3) is 22.9. The van der Waals surface area contributed by atoms with E-state index in [1.54, 1.807) is 0 Å². The number of anilines is 1. The number of hydrogen-bond donors (Lipinski definition) is 3. The number of aliphatic hydroxyl groups excluding tert-OH is 3. The Morgan fingerprint density at radius 2 is 0.903 bits per heavy atom. The Morgan fingerprint density at radius 1 is 0.500 bits per heavy atom. The van der Waals surface area contributed by atoms with Crippen LogP contribution in [0.1, 0.15) is 82.9 Å². The fourth-order valence-electron chi connectivity index (χ4n) is 6.92. The fraction of sp³-hybridized carbons (Fsp3) is 0.620. The van der Waals surface area contributed by atoms with E-state index in [2.05, 4.69) is 117 Å². The van der Waals surface area contributed by atoms with Crippen molar-refractivity contribution in [1.82, 2.24) is 0 Å². The molecule has 3 N–H and O–H groups in total. The zero-order valence-corrected chi connectivity index (χ0v) is 38.8. The Morgan fingerprint density at radius 3 is 1.29 bits per heavy atom. The zero-order chi connectivity index (χ0) is 44.9. The zero-order valence-electron chi connectivity index (χ0n) is 38.8. The topological polar surface area (TPSA) is 132 Å². The highest BCUT2D eigenvalue weighted by Crippen LogP contribution is 2.33. The number of nitrogens with zero attached hydrogens (tertiary/aromatic N) is 2. The second-order valence-electron chi connectivity index (χ2n) is 14.5. The van der Waals surface area contributed by atoms with Crippen molar-refractivity contribution in [1.29, 1.82) is 0 Å². The van der Waals surface area contributed by atoms with Crippen LogP contribution in [0.5, 0.6) is 0 Å². The Balaban J connectivity index is 0.000000585. The Hall–Kier alpha value is -3.27. The Labute approximate surface area is 373 Å². The summed E-state index contributed by atoms with van der Waals surface area (Å²) in [5, 5.41) is 25.7. The summed E-state index contributed by atoms with van der Waals surface area (Å²) >= 11 is 0. The molecule has 0 saturated carbocycles. The van der Waals surface area contributed by atoms with Gasteiger partial charge in [0.25, 0.3) is 0 Å². The van der Waals surface area contributed by atoms with Crippen molar-refractivity contribution < 1.29 is 53.1 Å². The summed E-state index contributed by atoms with van der Waals surface area (Å²) in [6.45, 7) is 22.3. The molecule has 0 unspecified atom stereocenters. The minimum atomic E-state index is 0.0359. The first-order valence-corrected chi connectivity index (χ1v) is 23.1. The van der Waals surface area contributed by atoms with Gasteiger partial charge in [0.1, 0.15) is 13.1 Å². The number of rotatable bonds is 35. The van der Waals surface area contributed by atoms with Crippen LogP contribution >= 0.6 is 0 Å². The molecule has 0 heterocycles. The van der Waals surface area contributed by atoms with Gasteiger partial charge < -0.3 is 53.4 Å². The first-order valence-electron chi connectivity index (χ1n) is 23.1. The molecule has 1 aliphatic carbocycles. The molecule has 350 valence electrons. The van der Waals surface area contributed by atoms with Crippen LogP contribution in [0.25, 0.3) is 5.57 Å². The van der Waals surface area contributed by atoms with E-state index in [-0.39, 0.29) is 19.8 Å². The van der Waals surface area contributed by atoms with Gasteiger partial charge in [-0.2, -0.15) is 0 Å². The van der Waals surface area contributed by atoms with E-state index in [1.807, 2.05) is 0 Å². The van der Waals surface area contributed by atoms with E-state index < -0.39 is 0 Å². The van der Waals surface area contributed by atoms with Crippen LogP contribution < -0.4 is 4.90 Å². The van der Waals surface area contributed by atoms with Crippen LogP contribution in [0.2, 0.25) is 0 Å². The van der Waals surface area contributed by atoms with E-state index in [0.29, 0.717) is 91.8 Å². The summed E-state index contributed by atoms with van der Waals surface area (Å²) in [5.41, 5.74) is 8.97. The molecule has 2 aromatic rings. The van der Waals surface area contributed by atoms with Crippen molar-refractivity contribution in [3.63, 3.8) is 0 Å². The Kier molecular flexibility index (Phi) is 32.9. The molecule has 0 amide bonds. The van der Waals surface area contributed by atoms with Gasteiger partial charge in [-0.3, -0.25) is 0 Å². The largest absolute Gasteiger partial charge is 0.394 e. The molecule has 0 aliphatic heterocycles. The molecule has 0 atom stereocenters. The van der Waals surface area contributed by atoms with Crippen LogP contribution in [0.15, 0.2) is 78.4 Å².